The van der Waals surface area contributed by atoms with Gasteiger partial charge in [0.1, 0.15) is 0 Å². The van der Waals surface area contributed by atoms with Crippen LogP contribution in [0.25, 0.3) is 0 Å². The molecule has 1 rings (SSSR count). The number of amides is 2. The van der Waals surface area contributed by atoms with E-state index in [0.717, 1.165) is 6.42 Å². The molecular weight excluding hydrogens is 156 g/mol. The van der Waals surface area contributed by atoms with Crippen LogP contribution in [-0.4, -0.2) is 48.3 Å². The van der Waals surface area contributed by atoms with E-state index < -0.39 is 0 Å². The summed E-state index contributed by atoms with van der Waals surface area (Å²) in [5.41, 5.74) is 0. The molecule has 0 N–H and O–H groups in total. The lowest BCUT2D eigenvalue weighted by Crippen LogP contribution is -2.37. The largest absolute Gasteiger partial charge is 0.341 e. The van der Waals surface area contributed by atoms with Gasteiger partial charge in [0, 0.05) is 27.1 Å². The molecule has 1 fully saturated rings. The van der Waals surface area contributed by atoms with Gasteiger partial charge in [0.2, 0.25) is 5.91 Å². The highest BCUT2D eigenvalue weighted by Gasteiger charge is 2.26. The maximum absolute atomic E-state index is 10.9. The normalized spacial score (nSPS) is 22.5. The van der Waals surface area contributed by atoms with Gasteiger partial charge in [0.15, 0.2) is 0 Å². The third kappa shape index (κ3) is 1.75. The van der Waals surface area contributed by atoms with Crippen LogP contribution in [0.2, 0.25) is 0 Å². The summed E-state index contributed by atoms with van der Waals surface area (Å²) in [5.74, 6) is 0.0488. The Balaban J connectivity index is 2.46. The zero-order valence-corrected chi connectivity index (χ0v) is 7.41. The Morgan fingerprint density at radius 1 is 1.67 bits per heavy atom. The minimum Gasteiger partial charge on any atom is -0.341 e. The predicted octanol–water partition coefficient (Wildman–Crippen LogP) is -0.394. The van der Waals surface area contributed by atoms with Crippen LogP contribution in [0.1, 0.15) is 13.3 Å². The first-order chi connectivity index (χ1) is 5.65. The summed E-state index contributed by atoms with van der Waals surface area (Å²) in [6.07, 6.45) is 2.70. The van der Waals surface area contributed by atoms with Gasteiger partial charge in [-0.1, -0.05) is 0 Å². The number of carbonyl (C=O) groups is 1. The van der Waals surface area contributed by atoms with Crippen LogP contribution in [0.15, 0.2) is 0 Å². The molecule has 1 atom stereocenters. The molecule has 1 radical (unpaired) electrons. The molecule has 1 aliphatic heterocycles. The second-order valence-corrected chi connectivity index (χ2v) is 3.11. The van der Waals surface area contributed by atoms with E-state index >= 15 is 0 Å². The fourth-order valence-electron chi connectivity index (χ4n) is 1.40. The first-order valence-corrected chi connectivity index (χ1v) is 4.01. The molecule has 0 aromatic carbocycles. The molecule has 0 bridgehead atoms. The number of carbonyl (C=O) groups excluding carboxylic acids is 2. The number of hydrogen-bond donors (Lipinski definition) is 0. The molecule has 67 valence electrons. The van der Waals surface area contributed by atoms with E-state index in [1.54, 1.807) is 16.8 Å². The summed E-state index contributed by atoms with van der Waals surface area (Å²) in [6.45, 7) is 2.87. The molecule has 0 aliphatic carbocycles. The average molecular weight is 169 g/mol. The van der Waals surface area contributed by atoms with Crippen molar-refractivity contribution in [2.45, 2.75) is 19.4 Å². The molecule has 2 amide bonds. The summed E-state index contributed by atoms with van der Waals surface area (Å²) in [7, 11) is 1.77. The third-order valence-electron chi connectivity index (χ3n) is 2.34. The van der Waals surface area contributed by atoms with Crippen molar-refractivity contribution in [2.24, 2.45) is 0 Å². The molecule has 1 aliphatic rings. The van der Waals surface area contributed by atoms with Crippen LogP contribution in [0.3, 0.4) is 0 Å². The first-order valence-electron chi connectivity index (χ1n) is 4.01. The van der Waals surface area contributed by atoms with Crippen molar-refractivity contribution in [2.75, 3.05) is 20.1 Å². The molecule has 12 heavy (non-hydrogen) atoms. The lowest BCUT2D eigenvalue weighted by molar-refractivity contribution is -0.129. The molecule has 0 saturated carbocycles. The topological polar surface area (TPSA) is 40.6 Å². The van der Waals surface area contributed by atoms with Crippen molar-refractivity contribution in [3.8, 4) is 0 Å². The summed E-state index contributed by atoms with van der Waals surface area (Å²) >= 11 is 0. The maximum atomic E-state index is 10.9. The van der Waals surface area contributed by atoms with Crippen LogP contribution in [0.5, 0.6) is 0 Å². The van der Waals surface area contributed by atoms with Gasteiger partial charge in [-0.05, 0) is 6.42 Å². The molecule has 1 heterocycles. The summed E-state index contributed by atoms with van der Waals surface area (Å²) in [4.78, 5) is 24.4. The lowest BCUT2D eigenvalue weighted by Gasteiger charge is -2.22. The monoisotopic (exact) mass is 169 g/mol. The molecule has 4 heteroatoms. The second kappa shape index (κ2) is 3.56. The Morgan fingerprint density at radius 2 is 2.33 bits per heavy atom. The van der Waals surface area contributed by atoms with Gasteiger partial charge in [-0.15, -0.1) is 0 Å². The first kappa shape index (κ1) is 9.03. The minimum absolute atomic E-state index is 0.0488. The summed E-state index contributed by atoms with van der Waals surface area (Å²) in [6, 6.07) is 0.184. The molecule has 0 aromatic rings. The molecule has 0 aromatic heterocycles. The van der Waals surface area contributed by atoms with Crippen molar-refractivity contribution in [1.82, 2.24) is 9.80 Å². The minimum atomic E-state index is 0.0488. The number of hydrogen-bond acceptors (Lipinski definition) is 2. The maximum Gasteiger partial charge on any atom is 0.312 e. The van der Waals surface area contributed by atoms with E-state index in [-0.39, 0.29) is 11.9 Å². The van der Waals surface area contributed by atoms with Crippen LogP contribution in [0, 0.1) is 0 Å². The standard InChI is InChI=1S/C8H13N2O2/c1-7(12)9(2)8-3-4-10(5-8)6-11/h8H,3-5H2,1-2H3. The summed E-state index contributed by atoms with van der Waals surface area (Å²) in [5, 5.41) is 0. The zero-order valence-electron chi connectivity index (χ0n) is 7.41. The average Bonchev–Trinajstić information content (AvgIpc) is 2.50. The van der Waals surface area contributed by atoms with E-state index in [9.17, 15) is 9.59 Å². The number of likely N-dealkylation sites (tertiary alicyclic amines) is 1. The van der Waals surface area contributed by atoms with E-state index in [4.69, 9.17) is 0 Å². The predicted molar refractivity (Wildman–Crippen MR) is 44.1 cm³/mol. The van der Waals surface area contributed by atoms with Crippen LogP contribution >= 0.6 is 0 Å². The van der Waals surface area contributed by atoms with Gasteiger partial charge >= 0.3 is 6.41 Å². The second-order valence-electron chi connectivity index (χ2n) is 3.11. The fourth-order valence-corrected chi connectivity index (χ4v) is 1.40. The highest BCUT2D eigenvalue weighted by atomic mass is 16.2. The number of rotatable bonds is 2. The molecule has 0 spiro atoms. The Morgan fingerprint density at radius 3 is 2.75 bits per heavy atom. The Labute approximate surface area is 72.1 Å². The Bertz CT molecular complexity index is 193. The highest BCUT2D eigenvalue weighted by Crippen LogP contribution is 2.12. The van der Waals surface area contributed by atoms with E-state index in [1.807, 2.05) is 6.41 Å². The van der Waals surface area contributed by atoms with Crippen LogP contribution in [-0.2, 0) is 9.59 Å². The zero-order chi connectivity index (χ0) is 9.14. The molecule has 1 unspecified atom stereocenters. The lowest BCUT2D eigenvalue weighted by atomic mass is 10.2. The fraction of sp³-hybridized carbons (Fsp3) is 0.750. The van der Waals surface area contributed by atoms with Gasteiger partial charge in [0.05, 0.1) is 6.04 Å². The highest BCUT2D eigenvalue weighted by molar-refractivity contribution is 5.73. The SMILES string of the molecule is CC(=O)N(C)C1CCN([C]=O)C1. The smallest absolute Gasteiger partial charge is 0.312 e. The third-order valence-corrected chi connectivity index (χ3v) is 2.34. The van der Waals surface area contributed by atoms with Crippen molar-refractivity contribution in [3.63, 3.8) is 0 Å². The van der Waals surface area contributed by atoms with Gasteiger partial charge < -0.3 is 9.80 Å². The number of likely N-dealkylation sites (N-methyl/N-ethyl adjacent to an activating group) is 1. The van der Waals surface area contributed by atoms with Gasteiger partial charge in [-0.3, -0.25) is 9.59 Å². The van der Waals surface area contributed by atoms with Crippen molar-refractivity contribution >= 4 is 12.3 Å². The van der Waals surface area contributed by atoms with Crippen LogP contribution < -0.4 is 0 Å². The van der Waals surface area contributed by atoms with Crippen molar-refractivity contribution in [1.29, 1.82) is 0 Å². The molecule has 4 nitrogen and oxygen atoms in total. The summed E-state index contributed by atoms with van der Waals surface area (Å²) < 4.78 is 0. The molecular formula is C8H13N2O2. The Hall–Kier alpha value is -1.06. The number of nitrogens with zero attached hydrogens (tertiary/aromatic N) is 2. The van der Waals surface area contributed by atoms with E-state index in [1.165, 1.54) is 6.92 Å². The van der Waals surface area contributed by atoms with Gasteiger partial charge in [-0.25, -0.2) is 0 Å². The van der Waals surface area contributed by atoms with Gasteiger partial charge in [0.25, 0.3) is 0 Å². The van der Waals surface area contributed by atoms with Crippen LogP contribution in [0.4, 0.5) is 0 Å². The van der Waals surface area contributed by atoms with Crippen molar-refractivity contribution in [3.05, 3.63) is 0 Å². The Kier molecular flexibility index (Phi) is 2.68. The molecule has 1 saturated heterocycles. The van der Waals surface area contributed by atoms with E-state index in [0.29, 0.717) is 13.1 Å². The van der Waals surface area contributed by atoms with E-state index in [2.05, 4.69) is 0 Å². The van der Waals surface area contributed by atoms with Gasteiger partial charge in [-0.2, -0.15) is 0 Å². The quantitative estimate of drug-likeness (QED) is 0.564. The van der Waals surface area contributed by atoms with Crippen molar-refractivity contribution < 1.29 is 9.59 Å².